The van der Waals surface area contributed by atoms with E-state index in [9.17, 15) is 9.18 Å². The van der Waals surface area contributed by atoms with Gasteiger partial charge in [0.05, 0.1) is 10.7 Å². The van der Waals surface area contributed by atoms with Crippen molar-refractivity contribution < 1.29 is 19.0 Å². The van der Waals surface area contributed by atoms with Crippen LogP contribution >= 0.6 is 15.9 Å². The lowest BCUT2D eigenvalue weighted by atomic mass is 10.1. The van der Waals surface area contributed by atoms with Gasteiger partial charge in [0, 0.05) is 32.0 Å². The predicted octanol–water partition coefficient (Wildman–Crippen LogP) is 2.80. The number of benzene rings is 1. The van der Waals surface area contributed by atoms with Crippen LogP contribution in [0.1, 0.15) is 12.8 Å². The molecular formula is C18H18BrFN6O3. The Morgan fingerprint density at radius 3 is 2.93 bits per heavy atom. The van der Waals surface area contributed by atoms with E-state index in [1.165, 1.54) is 12.1 Å². The normalized spacial score (nSPS) is 14.9. The van der Waals surface area contributed by atoms with Crippen molar-refractivity contribution in [2.45, 2.75) is 18.9 Å². The largest absolute Gasteiger partial charge is 0.489 e. The van der Waals surface area contributed by atoms with Gasteiger partial charge in [-0.1, -0.05) is 0 Å². The molecule has 4 rings (SSSR count). The van der Waals surface area contributed by atoms with Gasteiger partial charge in [0.1, 0.15) is 29.7 Å². The number of hydrogen-bond acceptors (Lipinski definition) is 7. The Labute approximate surface area is 173 Å². The monoisotopic (exact) mass is 464 g/mol. The van der Waals surface area contributed by atoms with E-state index < -0.39 is 5.97 Å². The molecule has 1 aliphatic rings. The Hall–Kier alpha value is -2.95. The highest BCUT2D eigenvalue weighted by atomic mass is 79.9. The van der Waals surface area contributed by atoms with Crippen LogP contribution in [0.5, 0.6) is 5.75 Å². The summed E-state index contributed by atoms with van der Waals surface area (Å²) < 4.78 is 20.1. The number of carboxylic acids is 1. The second-order valence-corrected chi connectivity index (χ2v) is 7.47. The van der Waals surface area contributed by atoms with Gasteiger partial charge in [-0.15, -0.1) is 0 Å². The SMILES string of the molecule is O=C(O)CNc1nc2nc(N3CCC(Oc4cc(F)ccc4Br)CC3)ncc2[nH]1. The highest BCUT2D eigenvalue weighted by molar-refractivity contribution is 9.10. The van der Waals surface area contributed by atoms with Crippen LogP contribution in [-0.2, 0) is 4.79 Å². The number of H-pyrrole nitrogens is 1. The number of rotatable bonds is 6. The molecule has 1 aliphatic heterocycles. The number of carbonyl (C=O) groups is 1. The first-order valence-corrected chi connectivity index (χ1v) is 9.82. The van der Waals surface area contributed by atoms with Gasteiger partial charge in [-0.05, 0) is 28.1 Å². The minimum absolute atomic E-state index is 0.0229. The van der Waals surface area contributed by atoms with Crippen LogP contribution in [0.4, 0.5) is 16.3 Å². The molecule has 152 valence electrons. The quantitative estimate of drug-likeness (QED) is 0.509. The summed E-state index contributed by atoms with van der Waals surface area (Å²) in [7, 11) is 0. The number of imidazole rings is 1. The summed E-state index contributed by atoms with van der Waals surface area (Å²) in [6.07, 6.45) is 3.10. The van der Waals surface area contributed by atoms with Gasteiger partial charge in [-0.2, -0.15) is 9.97 Å². The minimum Gasteiger partial charge on any atom is -0.489 e. The molecule has 0 radical (unpaired) electrons. The highest BCUT2D eigenvalue weighted by Gasteiger charge is 2.23. The van der Waals surface area contributed by atoms with E-state index >= 15 is 0 Å². The fourth-order valence-corrected chi connectivity index (χ4v) is 3.45. The molecule has 3 heterocycles. The zero-order valence-electron chi connectivity index (χ0n) is 15.2. The molecule has 0 spiro atoms. The van der Waals surface area contributed by atoms with Crippen LogP contribution in [0.15, 0.2) is 28.9 Å². The number of nitrogens with zero attached hydrogens (tertiary/aromatic N) is 4. The molecule has 3 aromatic rings. The molecule has 0 saturated carbocycles. The molecule has 0 bridgehead atoms. The molecule has 3 N–H and O–H groups in total. The van der Waals surface area contributed by atoms with Gasteiger partial charge in [0.25, 0.3) is 0 Å². The number of aromatic nitrogens is 4. The third kappa shape index (κ3) is 4.56. The zero-order valence-corrected chi connectivity index (χ0v) is 16.8. The van der Waals surface area contributed by atoms with E-state index in [1.54, 1.807) is 12.3 Å². The molecule has 1 fully saturated rings. The number of carboxylic acid groups (broad SMARTS) is 1. The number of aromatic amines is 1. The van der Waals surface area contributed by atoms with Crippen molar-refractivity contribution in [3.8, 4) is 5.75 Å². The average Bonchev–Trinajstić information content (AvgIpc) is 3.12. The fourth-order valence-electron chi connectivity index (χ4n) is 3.11. The Kier molecular flexibility index (Phi) is 5.47. The predicted molar refractivity (Wildman–Crippen MR) is 108 cm³/mol. The summed E-state index contributed by atoms with van der Waals surface area (Å²) in [6.45, 7) is 1.14. The maximum Gasteiger partial charge on any atom is 0.322 e. The van der Waals surface area contributed by atoms with Crippen molar-refractivity contribution in [1.29, 1.82) is 0 Å². The summed E-state index contributed by atoms with van der Waals surface area (Å²) in [5.41, 5.74) is 1.08. The summed E-state index contributed by atoms with van der Waals surface area (Å²) in [6, 6.07) is 4.39. The summed E-state index contributed by atoms with van der Waals surface area (Å²) >= 11 is 3.38. The number of aliphatic carboxylic acids is 1. The Bertz CT molecular complexity index is 1040. The third-order valence-corrected chi connectivity index (χ3v) is 5.20. The number of fused-ring (bicyclic) bond motifs is 1. The molecule has 2 aromatic heterocycles. The average molecular weight is 465 g/mol. The van der Waals surface area contributed by atoms with Crippen molar-refractivity contribution >= 4 is 45.0 Å². The van der Waals surface area contributed by atoms with E-state index in [-0.39, 0.29) is 18.5 Å². The Morgan fingerprint density at radius 1 is 1.38 bits per heavy atom. The second-order valence-electron chi connectivity index (χ2n) is 6.62. The molecule has 0 unspecified atom stereocenters. The molecule has 1 aromatic carbocycles. The van der Waals surface area contributed by atoms with E-state index in [4.69, 9.17) is 9.84 Å². The van der Waals surface area contributed by atoms with Crippen LogP contribution in [-0.4, -0.2) is 56.7 Å². The molecule has 9 nitrogen and oxygen atoms in total. The third-order valence-electron chi connectivity index (χ3n) is 4.55. The minimum atomic E-state index is -0.979. The van der Waals surface area contributed by atoms with Crippen molar-refractivity contribution in [1.82, 2.24) is 19.9 Å². The summed E-state index contributed by atoms with van der Waals surface area (Å²) in [4.78, 5) is 28.7. The first kappa shape index (κ1) is 19.4. The number of nitrogens with one attached hydrogen (secondary N) is 2. The first-order valence-electron chi connectivity index (χ1n) is 9.03. The molecule has 1 saturated heterocycles. The van der Waals surface area contributed by atoms with Crippen LogP contribution in [0, 0.1) is 5.82 Å². The summed E-state index contributed by atoms with van der Waals surface area (Å²) in [5.74, 6) is 0.0750. The standard InChI is InChI=1S/C18H18BrFN6O3/c19-12-2-1-10(20)7-14(12)29-11-3-5-26(6-4-11)18-22-8-13-16(25-18)24-17(23-13)21-9-15(27)28/h1-2,7-8,11H,3-6,9H2,(H,27,28)(H2,21,22,23,24,25). The van der Waals surface area contributed by atoms with Crippen LogP contribution in [0.2, 0.25) is 0 Å². The van der Waals surface area contributed by atoms with Crippen LogP contribution in [0.3, 0.4) is 0 Å². The molecule has 0 atom stereocenters. The fraction of sp³-hybridized carbons (Fsp3) is 0.333. The maximum atomic E-state index is 13.4. The van der Waals surface area contributed by atoms with Crippen LogP contribution in [0.25, 0.3) is 11.2 Å². The number of anilines is 2. The highest BCUT2D eigenvalue weighted by Crippen LogP contribution is 2.29. The van der Waals surface area contributed by atoms with Gasteiger partial charge >= 0.3 is 5.97 Å². The zero-order chi connectivity index (χ0) is 20.4. The Morgan fingerprint density at radius 2 is 2.17 bits per heavy atom. The lowest BCUT2D eigenvalue weighted by molar-refractivity contribution is -0.134. The van der Waals surface area contributed by atoms with E-state index in [0.29, 0.717) is 41.9 Å². The molecule has 0 aliphatic carbocycles. The smallest absolute Gasteiger partial charge is 0.322 e. The van der Waals surface area contributed by atoms with Gasteiger partial charge in [0.15, 0.2) is 5.65 Å². The molecule has 0 amide bonds. The van der Waals surface area contributed by atoms with E-state index in [1.807, 2.05) is 4.90 Å². The molecule has 11 heteroatoms. The Balaban J connectivity index is 1.39. The van der Waals surface area contributed by atoms with Gasteiger partial charge in [0.2, 0.25) is 11.9 Å². The topological polar surface area (TPSA) is 116 Å². The van der Waals surface area contributed by atoms with Crippen LogP contribution < -0.4 is 15.0 Å². The lowest BCUT2D eigenvalue weighted by Crippen LogP contribution is -2.39. The number of halogens is 2. The van der Waals surface area contributed by atoms with Crippen molar-refractivity contribution in [2.24, 2.45) is 0 Å². The van der Waals surface area contributed by atoms with Gasteiger partial charge in [-0.25, -0.2) is 9.37 Å². The molecular weight excluding hydrogens is 447 g/mol. The maximum absolute atomic E-state index is 13.4. The number of ether oxygens (including phenoxy) is 1. The molecule has 29 heavy (non-hydrogen) atoms. The van der Waals surface area contributed by atoms with Crippen molar-refractivity contribution in [3.05, 3.63) is 34.7 Å². The van der Waals surface area contributed by atoms with Gasteiger partial charge < -0.3 is 25.0 Å². The van der Waals surface area contributed by atoms with E-state index in [0.717, 1.165) is 17.3 Å². The van der Waals surface area contributed by atoms with E-state index in [2.05, 4.69) is 41.2 Å². The number of hydrogen-bond donors (Lipinski definition) is 3. The van der Waals surface area contributed by atoms with Crippen molar-refractivity contribution in [2.75, 3.05) is 29.9 Å². The number of piperidine rings is 1. The second kappa shape index (κ2) is 8.19. The van der Waals surface area contributed by atoms with Gasteiger partial charge in [-0.3, -0.25) is 4.79 Å². The first-order chi connectivity index (χ1) is 14.0. The lowest BCUT2D eigenvalue weighted by Gasteiger charge is -2.32. The van der Waals surface area contributed by atoms with Crippen molar-refractivity contribution in [3.63, 3.8) is 0 Å². The summed E-state index contributed by atoms with van der Waals surface area (Å²) in [5, 5.41) is 11.4.